The van der Waals surface area contributed by atoms with E-state index in [1.165, 1.54) is 0 Å². The van der Waals surface area contributed by atoms with Crippen molar-refractivity contribution >= 4 is 5.91 Å². The van der Waals surface area contributed by atoms with Crippen molar-refractivity contribution in [3.8, 4) is 0 Å². The topological polar surface area (TPSA) is 55.6 Å². The van der Waals surface area contributed by atoms with Crippen LogP contribution in [0.15, 0.2) is 0 Å². The van der Waals surface area contributed by atoms with Gasteiger partial charge in [-0.2, -0.15) is 0 Å². The number of rotatable bonds is 2. The minimum atomic E-state index is -0.299. The minimum Gasteiger partial charge on any atom is -0.381 e. The second-order valence-corrected chi connectivity index (χ2v) is 4.51. The molecule has 1 atom stereocenters. The van der Waals surface area contributed by atoms with Crippen molar-refractivity contribution in [3.05, 3.63) is 0 Å². The first-order chi connectivity index (χ1) is 7.29. The molecule has 15 heavy (non-hydrogen) atoms. The summed E-state index contributed by atoms with van der Waals surface area (Å²) in [6.45, 7) is 3.31. The zero-order chi connectivity index (χ0) is 10.7. The van der Waals surface area contributed by atoms with Crippen LogP contribution in [0.4, 0.5) is 0 Å². The Hall–Kier alpha value is -0.610. The number of nitrogens with two attached hydrogens (primary N) is 1. The molecule has 0 aromatic carbocycles. The van der Waals surface area contributed by atoms with Gasteiger partial charge in [0, 0.05) is 26.3 Å². The average molecular weight is 212 g/mol. The Kier molecular flexibility index (Phi) is 3.59. The molecule has 1 amide bonds. The highest BCUT2D eigenvalue weighted by Gasteiger charge is 2.30. The van der Waals surface area contributed by atoms with Crippen LogP contribution in [0.2, 0.25) is 0 Å². The van der Waals surface area contributed by atoms with Gasteiger partial charge in [-0.3, -0.25) is 4.79 Å². The first kappa shape index (κ1) is 10.9. The Morgan fingerprint density at radius 2 is 1.87 bits per heavy atom. The molecule has 0 aromatic heterocycles. The number of ether oxygens (including phenoxy) is 1. The van der Waals surface area contributed by atoms with Crippen molar-refractivity contribution in [1.29, 1.82) is 0 Å². The average Bonchev–Trinajstić information content (AvgIpc) is 2.82. The van der Waals surface area contributed by atoms with Crippen LogP contribution in [0.1, 0.15) is 25.7 Å². The summed E-state index contributed by atoms with van der Waals surface area (Å²) in [4.78, 5) is 13.9. The second kappa shape index (κ2) is 4.94. The predicted octanol–water partition coefficient (Wildman–Crippen LogP) is 0.363. The third-order valence-electron chi connectivity index (χ3n) is 3.48. The monoisotopic (exact) mass is 212 g/mol. The van der Waals surface area contributed by atoms with Crippen LogP contribution in [0, 0.1) is 5.92 Å². The number of hydrogen-bond donors (Lipinski definition) is 1. The molecule has 0 aromatic rings. The fraction of sp³-hybridized carbons (Fsp3) is 0.909. The van der Waals surface area contributed by atoms with Crippen molar-refractivity contribution in [2.75, 3.05) is 26.3 Å². The van der Waals surface area contributed by atoms with Crippen molar-refractivity contribution in [3.63, 3.8) is 0 Å². The fourth-order valence-corrected chi connectivity index (χ4v) is 2.42. The van der Waals surface area contributed by atoms with Gasteiger partial charge in [0.2, 0.25) is 5.91 Å². The van der Waals surface area contributed by atoms with E-state index in [1.54, 1.807) is 0 Å². The maximum atomic E-state index is 12.0. The molecule has 2 rings (SSSR count). The quantitative estimate of drug-likeness (QED) is 0.719. The summed E-state index contributed by atoms with van der Waals surface area (Å²) in [6.07, 6.45) is 4.12. The molecule has 2 aliphatic rings. The Labute approximate surface area is 90.8 Å². The maximum absolute atomic E-state index is 12.0. The van der Waals surface area contributed by atoms with E-state index in [9.17, 15) is 4.79 Å². The van der Waals surface area contributed by atoms with Crippen molar-refractivity contribution in [2.45, 2.75) is 31.7 Å². The molecular weight excluding hydrogens is 192 g/mol. The van der Waals surface area contributed by atoms with Gasteiger partial charge in [0.25, 0.3) is 0 Å². The number of carbonyl (C=O) groups is 1. The van der Waals surface area contributed by atoms with Crippen LogP contribution >= 0.6 is 0 Å². The van der Waals surface area contributed by atoms with Crippen molar-refractivity contribution < 1.29 is 9.53 Å². The first-order valence-electron chi connectivity index (χ1n) is 5.91. The predicted molar refractivity (Wildman–Crippen MR) is 57.3 cm³/mol. The zero-order valence-corrected chi connectivity index (χ0v) is 9.15. The standard InChI is InChI=1S/C11H20N2O2/c12-10(9-3-7-15-8-4-9)11(14)13-5-1-2-6-13/h9-10H,1-8,12H2. The van der Waals surface area contributed by atoms with Crippen LogP contribution in [-0.4, -0.2) is 43.2 Å². The zero-order valence-electron chi connectivity index (χ0n) is 9.15. The first-order valence-corrected chi connectivity index (χ1v) is 5.91. The van der Waals surface area contributed by atoms with Crippen LogP contribution in [0.3, 0.4) is 0 Å². The summed E-state index contributed by atoms with van der Waals surface area (Å²) >= 11 is 0. The highest BCUT2D eigenvalue weighted by molar-refractivity contribution is 5.82. The number of carbonyl (C=O) groups excluding carboxylic acids is 1. The van der Waals surface area contributed by atoms with E-state index in [-0.39, 0.29) is 11.9 Å². The molecule has 0 aliphatic carbocycles. The number of nitrogens with zero attached hydrogens (tertiary/aromatic N) is 1. The van der Waals surface area contributed by atoms with E-state index in [4.69, 9.17) is 10.5 Å². The molecule has 4 nitrogen and oxygen atoms in total. The lowest BCUT2D eigenvalue weighted by Gasteiger charge is -2.29. The molecule has 1 unspecified atom stereocenters. The van der Waals surface area contributed by atoms with E-state index in [0.29, 0.717) is 5.92 Å². The Balaban J connectivity index is 1.87. The van der Waals surface area contributed by atoms with Crippen molar-refractivity contribution in [2.24, 2.45) is 11.7 Å². The lowest BCUT2D eigenvalue weighted by atomic mass is 9.91. The summed E-state index contributed by atoms with van der Waals surface area (Å²) < 4.78 is 5.27. The molecule has 0 bridgehead atoms. The van der Waals surface area contributed by atoms with E-state index in [0.717, 1.165) is 52.0 Å². The molecule has 2 heterocycles. The molecule has 0 radical (unpaired) electrons. The van der Waals surface area contributed by atoms with E-state index < -0.39 is 0 Å². The summed E-state index contributed by atoms with van der Waals surface area (Å²) in [5.41, 5.74) is 6.02. The van der Waals surface area contributed by atoms with E-state index in [2.05, 4.69) is 0 Å². The molecule has 0 spiro atoms. The summed E-state index contributed by atoms with van der Waals surface area (Å²) in [5, 5.41) is 0. The molecule has 0 saturated carbocycles. The highest BCUT2D eigenvalue weighted by Crippen LogP contribution is 2.20. The van der Waals surface area contributed by atoms with Gasteiger partial charge in [0.1, 0.15) is 0 Å². The number of likely N-dealkylation sites (tertiary alicyclic amines) is 1. The second-order valence-electron chi connectivity index (χ2n) is 4.51. The summed E-state index contributed by atoms with van der Waals surface area (Å²) in [6, 6.07) is -0.299. The maximum Gasteiger partial charge on any atom is 0.239 e. The number of hydrogen-bond acceptors (Lipinski definition) is 3. The van der Waals surface area contributed by atoms with Crippen LogP contribution < -0.4 is 5.73 Å². The van der Waals surface area contributed by atoms with Crippen LogP contribution in [0.25, 0.3) is 0 Å². The van der Waals surface area contributed by atoms with Gasteiger partial charge >= 0.3 is 0 Å². The molecule has 2 aliphatic heterocycles. The Morgan fingerprint density at radius 3 is 2.47 bits per heavy atom. The summed E-state index contributed by atoms with van der Waals surface area (Å²) in [5.74, 6) is 0.478. The lowest BCUT2D eigenvalue weighted by molar-refractivity contribution is -0.133. The highest BCUT2D eigenvalue weighted by atomic mass is 16.5. The normalized spacial score (nSPS) is 25.5. The number of amides is 1. The molecule has 2 fully saturated rings. The van der Waals surface area contributed by atoms with Gasteiger partial charge in [-0.1, -0.05) is 0 Å². The van der Waals surface area contributed by atoms with Gasteiger partial charge in [-0.05, 0) is 31.6 Å². The third kappa shape index (κ3) is 2.49. The van der Waals surface area contributed by atoms with E-state index in [1.807, 2.05) is 4.90 Å². The van der Waals surface area contributed by atoms with Gasteiger partial charge in [0.15, 0.2) is 0 Å². The smallest absolute Gasteiger partial charge is 0.239 e. The largest absolute Gasteiger partial charge is 0.381 e. The van der Waals surface area contributed by atoms with Crippen molar-refractivity contribution in [1.82, 2.24) is 4.90 Å². The minimum absolute atomic E-state index is 0.152. The molecule has 2 saturated heterocycles. The van der Waals surface area contributed by atoms with E-state index >= 15 is 0 Å². The third-order valence-corrected chi connectivity index (χ3v) is 3.48. The molecule has 86 valence electrons. The summed E-state index contributed by atoms with van der Waals surface area (Å²) in [7, 11) is 0. The van der Waals surface area contributed by atoms with Crippen LogP contribution in [-0.2, 0) is 9.53 Å². The lowest BCUT2D eigenvalue weighted by Crippen LogP contribution is -2.48. The molecule has 2 N–H and O–H groups in total. The molecule has 4 heteroatoms. The SMILES string of the molecule is NC(C(=O)N1CCCC1)C1CCOCC1. The fourth-order valence-electron chi connectivity index (χ4n) is 2.42. The Bertz CT molecular complexity index is 221. The van der Waals surface area contributed by atoms with Crippen LogP contribution in [0.5, 0.6) is 0 Å². The molecular formula is C11H20N2O2. The Morgan fingerprint density at radius 1 is 1.27 bits per heavy atom. The van der Waals surface area contributed by atoms with Gasteiger partial charge in [-0.15, -0.1) is 0 Å². The van der Waals surface area contributed by atoms with Gasteiger partial charge < -0.3 is 15.4 Å². The van der Waals surface area contributed by atoms with Gasteiger partial charge in [-0.25, -0.2) is 0 Å². The van der Waals surface area contributed by atoms with Gasteiger partial charge in [0.05, 0.1) is 6.04 Å².